The zero-order chi connectivity index (χ0) is 17.3. The van der Waals surface area contributed by atoms with E-state index in [1.54, 1.807) is 0 Å². The highest BCUT2D eigenvalue weighted by molar-refractivity contribution is 5.85. The van der Waals surface area contributed by atoms with Gasteiger partial charge in [0.05, 0.1) is 6.04 Å². The van der Waals surface area contributed by atoms with Crippen LogP contribution in [0.3, 0.4) is 0 Å². The zero-order valence-electron chi connectivity index (χ0n) is 14.6. The number of nitrogens with two attached hydrogens (primary N) is 1. The lowest BCUT2D eigenvalue weighted by molar-refractivity contribution is -0.128. The van der Waals surface area contributed by atoms with Crippen molar-refractivity contribution >= 4 is 5.78 Å². The second-order valence-electron chi connectivity index (χ2n) is 7.50. The fourth-order valence-corrected chi connectivity index (χ4v) is 3.06. The van der Waals surface area contributed by atoms with Crippen LogP contribution >= 0.6 is 0 Å². The molecule has 0 amide bonds. The second-order valence-corrected chi connectivity index (χ2v) is 7.50. The number of carbonyl (C=O) groups is 1. The normalized spacial score (nSPS) is 16.8. The summed E-state index contributed by atoms with van der Waals surface area (Å²) in [6.07, 6.45) is 1.91. The number of ketones is 1. The average molecular weight is 323 g/mol. The maximum absolute atomic E-state index is 12.0. The summed E-state index contributed by atoms with van der Waals surface area (Å²) in [7, 11) is 0. The molecule has 0 aliphatic heterocycles. The minimum absolute atomic E-state index is 0.0987. The van der Waals surface area contributed by atoms with Gasteiger partial charge in [-0.1, -0.05) is 51.1 Å². The Morgan fingerprint density at radius 1 is 1.08 bits per heavy atom. The van der Waals surface area contributed by atoms with Gasteiger partial charge in [0.2, 0.25) is 0 Å². The first-order valence-electron chi connectivity index (χ1n) is 8.48. The molecule has 1 aliphatic rings. The van der Waals surface area contributed by atoms with Crippen LogP contribution in [0.2, 0.25) is 0 Å². The molecule has 1 unspecified atom stereocenters. The SMILES string of the molecule is CC(C)(C)C(=O)COc1ccc2c(c1)CCc1ccccc1C2N. The average Bonchev–Trinajstić information content (AvgIpc) is 2.69. The molecule has 2 aromatic rings. The summed E-state index contributed by atoms with van der Waals surface area (Å²) in [4.78, 5) is 12.0. The summed E-state index contributed by atoms with van der Waals surface area (Å²) >= 11 is 0. The number of fused-ring (bicyclic) bond motifs is 2. The van der Waals surface area contributed by atoms with Gasteiger partial charge in [-0.25, -0.2) is 0 Å². The van der Waals surface area contributed by atoms with Crippen molar-refractivity contribution in [2.75, 3.05) is 6.61 Å². The lowest BCUT2D eigenvalue weighted by Crippen LogP contribution is -2.26. The molecule has 0 bridgehead atoms. The Bertz CT molecular complexity index is 759. The molecule has 1 atom stereocenters. The predicted octanol–water partition coefficient (Wildman–Crippen LogP) is 3.83. The Labute approximate surface area is 143 Å². The summed E-state index contributed by atoms with van der Waals surface area (Å²) in [5.41, 5.74) is 11.0. The largest absolute Gasteiger partial charge is 0.486 e. The number of hydrogen-bond acceptors (Lipinski definition) is 3. The van der Waals surface area contributed by atoms with E-state index in [1.165, 1.54) is 16.7 Å². The van der Waals surface area contributed by atoms with Crippen molar-refractivity contribution in [3.63, 3.8) is 0 Å². The molecule has 0 aromatic heterocycles. The van der Waals surface area contributed by atoms with E-state index in [9.17, 15) is 4.79 Å². The number of hydrogen-bond donors (Lipinski definition) is 1. The molecule has 1 aliphatic carbocycles. The molecule has 24 heavy (non-hydrogen) atoms. The van der Waals surface area contributed by atoms with Crippen LogP contribution in [0.4, 0.5) is 0 Å². The van der Waals surface area contributed by atoms with Crippen LogP contribution in [-0.4, -0.2) is 12.4 Å². The molecule has 0 radical (unpaired) electrons. The van der Waals surface area contributed by atoms with Crippen LogP contribution in [0.15, 0.2) is 42.5 Å². The number of benzene rings is 2. The van der Waals surface area contributed by atoms with E-state index in [1.807, 2.05) is 45.0 Å². The topological polar surface area (TPSA) is 52.3 Å². The number of carbonyl (C=O) groups excluding carboxylic acids is 1. The Balaban J connectivity index is 1.81. The molecule has 0 spiro atoms. The van der Waals surface area contributed by atoms with Crippen LogP contribution in [-0.2, 0) is 17.6 Å². The molecule has 0 saturated heterocycles. The van der Waals surface area contributed by atoms with E-state index in [-0.39, 0.29) is 23.8 Å². The molecule has 126 valence electrons. The van der Waals surface area contributed by atoms with Gasteiger partial charge in [0.15, 0.2) is 5.78 Å². The summed E-state index contributed by atoms with van der Waals surface area (Å²) in [5.74, 6) is 0.839. The lowest BCUT2D eigenvalue weighted by atomic mass is 9.91. The first kappa shape index (κ1) is 16.7. The predicted molar refractivity (Wildman–Crippen MR) is 96.3 cm³/mol. The van der Waals surface area contributed by atoms with Gasteiger partial charge in [0.25, 0.3) is 0 Å². The lowest BCUT2D eigenvalue weighted by Gasteiger charge is -2.18. The van der Waals surface area contributed by atoms with E-state index in [2.05, 4.69) is 18.2 Å². The smallest absolute Gasteiger partial charge is 0.175 e. The van der Waals surface area contributed by atoms with E-state index in [4.69, 9.17) is 10.5 Å². The fourth-order valence-electron chi connectivity index (χ4n) is 3.06. The maximum atomic E-state index is 12.0. The van der Waals surface area contributed by atoms with Crippen molar-refractivity contribution in [2.45, 2.75) is 39.7 Å². The van der Waals surface area contributed by atoms with Crippen molar-refractivity contribution in [3.05, 3.63) is 64.7 Å². The second kappa shape index (κ2) is 6.40. The number of rotatable bonds is 3. The van der Waals surface area contributed by atoms with Gasteiger partial charge in [-0.3, -0.25) is 4.79 Å². The molecule has 0 saturated carbocycles. The van der Waals surface area contributed by atoms with Gasteiger partial charge >= 0.3 is 0 Å². The molecule has 0 fully saturated rings. The summed E-state index contributed by atoms with van der Waals surface area (Å²) in [6.45, 7) is 5.83. The third kappa shape index (κ3) is 3.36. The Kier molecular flexibility index (Phi) is 4.46. The van der Waals surface area contributed by atoms with Crippen molar-refractivity contribution in [3.8, 4) is 5.75 Å². The molecule has 3 rings (SSSR count). The molecular weight excluding hydrogens is 298 g/mol. The monoisotopic (exact) mass is 323 g/mol. The molecular formula is C21H25NO2. The first-order chi connectivity index (χ1) is 11.4. The van der Waals surface area contributed by atoms with E-state index in [0.717, 1.165) is 24.2 Å². The van der Waals surface area contributed by atoms with E-state index < -0.39 is 0 Å². The fraction of sp³-hybridized carbons (Fsp3) is 0.381. The highest BCUT2D eigenvalue weighted by Crippen LogP contribution is 2.32. The van der Waals surface area contributed by atoms with Gasteiger partial charge in [0.1, 0.15) is 12.4 Å². The minimum Gasteiger partial charge on any atom is -0.486 e. The maximum Gasteiger partial charge on any atom is 0.175 e. The van der Waals surface area contributed by atoms with Crippen LogP contribution in [0, 0.1) is 5.41 Å². The first-order valence-corrected chi connectivity index (χ1v) is 8.48. The highest BCUT2D eigenvalue weighted by atomic mass is 16.5. The molecule has 2 aromatic carbocycles. The summed E-state index contributed by atoms with van der Waals surface area (Å²) in [5, 5.41) is 0. The molecule has 0 heterocycles. The summed E-state index contributed by atoms with van der Waals surface area (Å²) in [6, 6.07) is 14.3. The minimum atomic E-state index is -0.379. The third-order valence-corrected chi connectivity index (χ3v) is 4.71. The number of aryl methyl sites for hydroxylation is 2. The third-order valence-electron chi connectivity index (χ3n) is 4.71. The van der Waals surface area contributed by atoms with Gasteiger partial charge < -0.3 is 10.5 Å². The van der Waals surface area contributed by atoms with Crippen LogP contribution in [0.1, 0.15) is 49.1 Å². The molecule has 3 nitrogen and oxygen atoms in total. The number of Topliss-reactive ketones (excluding diaryl/α,β-unsaturated/α-hetero) is 1. The Hall–Kier alpha value is -2.13. The zero-order valence-corrected chi connectivity index (χ0v) is 14.6. The van der Waals surface area contributed by atoms with Gasteiger partial charge in [0, 0.05) is 5.41 Å². The highest BCUT2D eigenvalue weighted by Gasteiger charge is 2.23. The molecule has 2 N–H and O–H groups in total. The van der Waals surface area contributed by atoms with Gasteiger partial charge in [-0.05, 0) is 47.2 Å². The van der Waals surface area contributed by atoms with Crippen molar-refractivity contribution in [2.24, 2.45) is 11.1 Å². The quantitative estimate of drug-likeness (QED) is 0.934. The standard InChI is InChI=1S/C21H25NO2/c1-21(2,3)19(23)13-24-16-10-11-18-15(12-16)9-8-14-6-4-5-7-17(14)20(18)22/h4-7,10-12,20H,8-9,13,22H2,1-3H3. The van der Waals surface area contributed by atoms with Crippen molar-refractivity contribution < 1.29 is 9.53 Å². The van der Waals surface area contributed by atoms with Gasteiger partial charge in [-0.2, -0.15) is 0 Å². The Morgan fingerprint density at radius 3 is 2.50 bits per heavy atom. The van der Waals surface area contributed by atoms with Crippen molar-refractivity contribution in [1.82, 2.24) is 0 Å². The number of ether oxygens (including phenoxy) is 1. The van der Waals surface area contributed by atoms with Crippen LogP contribution in [0.25, 0.3) is 0 Å². The summed E-state index contributed by atoms with van der Waals surface area (Å²) < 4.78 is 5.72. The molecule has 3 heteroatoms. The van der Waals surface area contributed by atoms with Crippen molar-refractivity contribution in [1.29, 1.82) is 0 Å². The van der Waals surface area contributed by atoms with Crippen LogP contribution in [0.5, 0.6) is 5.75 Å². The van der Waals surface area contributed by atoms with Crippen LogP contribution < -0.4 is 10.5 Å². The van der Waals surface area contributed by atoms with E-state index in [0.29, 0.717) is 0 Å². The van der Waals surface area contributed by atoms with Gasteiger partial charge in [-0.15, -0.1) is 0 Å². The van der Waals surface area contributed by atoms with E-state index >= 15 is 0 Å². The Morgan fingerprint density at radius 2 is 1.75 bits per heavy atom.